The summed E-state index contributed by atoms with van der Waals surface area (Å²) in [5, 5.41) is 24.6. The highest BCUT2D eigenvalue weighted by molar-refractivity contribution is 8.00. The van der Waals surface area contributed by atoms with Crippen LogP contribution >= 0.6 is 23.1 Å². The molecule has 0 aliphatic heterocycles. The van der Waals surface area contributed by atoms with Crippen LogP contribution in [-0.4, -0.2) is 30.8 Å². The molecule has 0 saturated heterocycles. The molecule has 2 heterocycles. The Labute approximate surface area is 192 Å². The molecule has 1 atom stereocenters. The number of para-hydroxylation sites is 3. The Morgan fingerprint density at radius 3 is 2.59 bits per heavy atom. The second-order valence-electron chi connectivity index (χ2n) is 6.85. The van der Waals surface area contributed by atoms with Gasteiger partial charge in [-0.25, -0.2) is 0 Å². The van der Waals surface area contributed by atoms with E-state index in [0.29, 0.717) is 11.6 Å². The largest absolute Gasteiger partial charge is 0.319 e. The lowest BCUT2D eigenvalue weighted by molar-refractivity contribution is -0.383. The number of carbonyl (C=O) groups excluding carboxylic acids is 1. The number of hydrogen-bond donors (Lipinski definition) is 1. The predicted octanol–water partition coefficient (Wildman–Crippen LogP) is 4.95. The summed E-state index contributed by atoms with van der Waals surface area (Å²) in [6.45, 7) is 1.73. The van der Waals surface area contributed by atoms with Gasteiger partial charge in [-0.2, -0.15) is 0 Å². The van der Waals surface area contributed by atoms with E-state index in [4.69, 9.17) is 0 Å². The van der Waals surface area contributed by atoms with Gasteiger partial charge in [-0.1, -0.05) is 48.2 Å². The molecule has 0 aliphatic carbocycles. The molecular formula is C22H19N5O3S2. The van der Waals surface area contributed by atoms with Crippen LogP contribution in [0.2, 0.25) is 0 Å². The van der Waals surface area contributed by atoms with Crippen molar-refractivity contribution in [1.82, 2.24) is 14.8 Å². The van der Waals surface area contributed by atoms with E-state index < -0.39 is 10.2 Å². The fourth-order valence-corrected chi connectivity index (χ4v) is 4.67. The van der Waals surface area contributed by atoms with E-state index in [-0.39, 0.29) is 17.3 Å². The van der Waals surface area contributed by atoms with Crippen molar-refractivity contribution < 1.29 is 9.72 Å². The smallest absolute Gasteiger partial charge is 0.292 e. The highest BCUT2D eigenvalue weighted by Gasteiger charge is 2.23. The third kappa shape index (κ3) is 4.87. The van der Waals surface area contributed by atoms with Crippen LogP contribution in [0.1, 0.15) is 17.6 Å². The summed E-state index contributed by atoms with van der Waals surface area (Å²) in [6.07, 6.45) is 0.622. The predicted molar refractivity (Wildman–Crippen MR) is 126 cm³/mol. The number of aromatic nitrogens is 3. The number of nitrogens with one attached hydrogen (secondary N) is 1. The molecule has 2 aromatic carbocycles. The number of nitro benzene ring substituents is 1. The third-order valence-corrected chi connectivity index (χ3v) is 6.56. The molecular weight excluding hydrogens is 446 g/mol. The normalized spacial score (nSPS) is 11.8. The molecule has 8 nitrogen and oxygen atoms in total. The quantitative estimate of drug-likeness (QED) is 0.224. The number of amides is 1. The van der Waals surface area contributed by atoms with Gasteiger partial charge in [0, 0.05) is 23.1 Å². The summed E-state index contributed by atoms with van der Waals surface area (Å²) in [4.78, 5) is 24.7. The van der Waals surface area contributed by atoms with E-state index in [2.05, 4.69) is 15.5 Å². The lowest BCUT2D eigenvalue weighted by Gasteiger charge is -2.14. The summed E-state index contributed by atoms with van der Waals surface area (Å²) >= 11 is 2.90. The highest BCUT2D eigenvalue weighted by Crippen LogP contribution is 2.29. The van der Waals surface area contributed by atoms with Crippen LogP contribution in [0.25, 0.3) is 5.69 Å². The van der Waals surface area contributed by atoms with E-state index in [0.717, 1.165) is 16.4 Å². The molecule has 0 spiro atoms. The van der Waals surface area contributed by atoms with Crippen molar-refractivity contribution in [3.63, 3.8) is 0 Å². The summed E-state index contributed by atoms with van der Waals surface area (Å²) in [6, 6.07) is 19.8. The first-order chi connectivity index (χ1) is 15.5. The minimum absolute atomic E-state index is 0.149. The lowest BCUT2D eigenvalue weighted by atomic mass is 10.2. The maximum Gasteiger partial charge on any atom is 0.292 e. The first-order valence-corrected chi connectivity index (χ1v) is 11.5. The molecule has 4 rings (SSSR count). The van der Waals surface area contributed by atoms with Crippen molar-refractivity contribution in [3.8, 4) is 5.69 Å². The molecule has 4 aromatic rings. The van der Waals surface area contributed by atoms with Gasteiger partial charge in [0.15, 0.2) is 5.16 Å². The van der Waals surface area contributed by atoms with E-state index in [1.165, 1.54) is 23.9 Å². The van der Waals surface area contributed by atoms with Crippen LogP contribution in [0, 0.1) is 10.1 Å². The summed E-state index contributed by atoms with van der Waals surface area (Å²) < 4.78 is 1.94. The van der Waals surface area contributed by atoms with Crippen LogP contribution in [0.4, 0.5) is 11.4 Å². The van der Waals surface area contributed by atoms with Crippen molar-refractivity contribution in [1.29, 1.82) is 0 Å². The van der Waals surface area contributed by atoms with Crippen molar-refractivity contribution in [2.24, 2.45) is 0 Å². The Hall–Kier alpha value is -3.50. The Morgan fingerprint density at radius 2 is 1.88 bits per heavy atom. The molecule has 0 bridgehead atoms. The Kier molecular flexibility index (Phi) is 6.62. The molecule has 32 heavy (non-hydrogen) atoms. The van der Waals surface area contributed by atoms with Gasteiger partial charge in [0.1, 0.15) is 11.5 Å². The van der Waals surface area contributed by atoms with Crippen LogP contribution in [0.3, 0.4) is 0 Å². The summed E-state index contributed by atoms with van der Waals surface area (Å²) in [7, 11) is 0. The van der Waals surface area contributed by atoms with Gasteiger partial charge in [-0.3, -0.25) is 19.5 Å². The zero-order valence-corrected chi connectivity index (χ0v) is 18.7. The molecule has 1 unspecified atom stereocenters. The van der Waals surface area contributed by atoms with Crippen LogP contribution < -0.4 is 5.32 Å². The average Bonchev–Trinajstić information content (AvgIpc) is 3.45. The van der Waals surface area contributed by atoms with Gasteiger partial charge < -0.3 is 5.32 Å². The van der Waals surface area contributed by atoms with Crippen molar-refractivity contribution in [2.45, 2.75) is 23.8 Å². The van der Waals surface area contributed by atoms with E-state index in [1.807, 2.05) is 52.4 Å². The van der Waals surface area contributed by atoms with Gasteiger partial charge >= 0.3 is 0 Å². The van der Waals surface area contributed by atoms with Crippen molar-refractivity contribution >= 4 is 40.4 Å². The fourth-order valence-electron chi connectivity index (χ4n) is 3.08. The van der Waals surface area contributed by atoms with Crippen LogP contribution in [0.15, 0.2) is 77.3 Å². The molecule has 162 valence electrons. The fraction of sp³-hybridized carbons (Fsp3) is 0.136. The topological polar surface area (TPSA) is 103 Å². The number of rotatable bonds is 8. The molecule has 0 radical (unpaired) electrons. The summed E-state index contributed by atoms with van der Waals surface area (Å²) in [5.41, 5.74) is 0.916. The first-order valence-electron chi connectivity index (χ1n) is 9.76. The Bertz CT molecular complexity index is 1230. The average molecular weight is 466 g/mol. The van der Waals surface area contributed by atoms with Crippen molar-refractivity contribution in [2.75, 3.05) is 5.32 Å². The number of thioether (sulfide) groups is 1. The third-order valence-electron chi connectivity index (χ3n) is 4.64. The number of nitro groups is 1. The molecule has 0 aliphatic rings. The molecule has 1 N–H and O–H groups in total. The number of anilines is 1. The SMILES string of the molecule is CC(Sc1nnc(Cc2cccs2)n1-c1ccccc1)C(=O)Nc1ccccc1[N+](=O)[O-]. The second kappa shape index (κ2) is 9.75. The standard InChI is InChI=1S/C22H19N5O3S2/c1-15(21(28)23-18-11-5-6-12-19(18)27(29)30)32-22-25-24-20(14-17-10-7-13-31-17)26(22)16-8-3-2-4-9-16/h2-13,15H,14H2,1H3,(H,23,28). The first kappa shape index (κ1) is 21.7. The highest BCUT2D eigenvalue weighted by atomic mass is 32.2. The van der Waals surface area contributed by atoms with E-state index in [9.17, 15) is 14.9 Å². The minimum atomic E-state index is -0.559. The monoisotopic (exact) mass is 465 g/mol. The summed E-state index contributed by atoms with van der Waals surface area (Å²) in [5.74, 6) is 0.416. The molecule has 0 saturated carbocycles. The lowest BCUT2D eigenvalue weighted by Crippen LogP contribution is -2.23. The molecule has 0 fully saturated rings. The molecule has 10 heteroatoms. The van der Waals surface area contributed by atoms with Gasteiger partial charge in [0.25, 0.3) is 5.69 Å². The van der Waals surface area contributed by atoms with Crippen molar-refractivity contribution in [3.05, 3.63) is 92.9 Å². The second-order valence-corrected chi connectivity index (χ2v) is 9.19. The number of carbonyl (C=O) groups is 1. The number of thiophene rings is 1. The van der Waals surface area contributed by atoms with Crippen LogP contribution in [0.5, 0.6) is 0 Å². The van der Waals surface area contributed by atoms with Gasteiger partial charge in [-0.15, -0.1) is 21.5 Å². The molecule has 1 amide bonds. The van der Waals surface area contributed by atoms with Crippen LogP contribution in [-0.2, 0) is 11.2 Å². The zero-order chi connectivity index (χ0) is 22.5. The van der Waals surface area contributed by atoms with Gasteiger partial charge in [-0.05, 0) is 36.6 Å². The van der Waals surface area contributed by atoms with Gasteiger partial charge in [0.2, 0.25) is 5.91 Å². The zero-order valence-electron chi connectivity index (χ0n) is 17.0. The number of nitrogens with zero attached hydrogens (tertiary/aromatic N) is 4. The van der Waals surface area contributed by atoms with E-state index >= 15 is 0 Å². The van der Waals surface area contributed by atoms with Gasteiger partial charge in [0.05, 0.1) is 10.2 Å². The number of benzene rings is 2. The number of hydrogen-bond acceptors (Lipinski definition) is 7. The maximum absolute atomic E-state index is 12.8. The Morgan fingerprint density at radius 1 is 1.12 bits per heavy atom. The minimum Gasteiger partial charge on any atom is -0.319 e. The van der Waals surface area contributed by atoms with E-state index in [1.54, 1.807) is 30.4 Å². The Balaban J connectivity index is 1.58. The maximum atomic E-state index is 12.8. The molecule has 2 aromatic heterocycles.